The van der Waals surface area contributed by atoms with Crippen molar-refractivity contribution in [3.63, 3.8) is 0 Å². The van der Waals surface area contributed by atoms with Gasteiger partial charge in [0.05, 0.1) is 0 Å². The standard InChI is InChI=1S/C15H22FN3S/c1-18(2)14-4-3-5-19(10-14)9-11-6-12(15(17)20)8-13(16)7-11/h6-8,14H,3-5,9-10H2,1-2H3,(H2,17,20). The highest BCUT2D eigenvalue weighted by Crippen LogP contribution is 2.18. The number of thiocarbonyl (C=S) groups is 1. The highest BCUT2D eigenvalue weighted by atomic mass is 32.1. The second-order valence-electron chi connectivity index (χ2n) is 5.71. The van der Waals surface area contributed by atoms with Crippen molar-refractivity contribution < 1.29 is 4.39 Å². The summed E-state index contributed by atoms with van der Waals surface area (Å²) in [6.45, 7) is 2.83. The van der Waals surface area contributed by atoms with E-state index in [1.54, 1.807) is 6.07 Å². The topological polar surface area (TPSA) is 32.5 Å². The Hall–Kier alpha value is -1.04. The zero-order valence-corrected chi connectivity index (χ0v) is 12.9. The van der Waals surface area contributed by atoms with Crippen LogP contribution in [-0.4, -0.2) is 48.0 Å². The van der Waals surface area contributed by atoms with Crippen molar-refractivity contribution in [1.82, 2.24) is 9.80 Å². The molecule has 1 aromatic rings. The molecule has 1 unspecified atom stereocenters. The number of piperidine rings is 1. The van der Waals surface area contributed by atoms with Crippen LogP contribution < -0.4 is 5.73 Å². The normalized spacial score (nSPS) is 20.3. The molecule has 1 saturated heterocycles. The molecule has 0 bridgehead atoms. The van der Waals surface area contributed by atoms with Crippen LogP contribution in [0.15, 0.2) is 18.2 Å². The average molecular weight is 295 g/mol. The minimum absolute atomic E-state index is 0.246. The maximum absolute atomic E-state index is 13.6. The van der Waals surface area contributed by atoms with Crippen molar-refractivity contribution in [2.24, 2.45) is 5.73 Å². The molecule has 0 saturated carbocycles. The van der Waals surface area contributed by atoms with Gasteiger partial charge in [-0.1, -0.05) is 12.2 Å². The van der Waals surface area contributed by atoms with Gasteiger partial charge in [-0.05, 0) is 57.2 Å². The molecule has 1 heterocycles. The van der Waals surface area contributed by atoms with Gasteiger partial charge in [0.15, 0.2) is 0 Å². The average Bonchev–Trinajstić information content (AvgIpc) is 2.38. The van der Waals surface area contributed by atoms with Gasteiger partial charge in [0.2, 0.25) is 0 Å². The molecule has 0 aromatic heterocycles. The molecule has 0 radical (unpaired) electrons. The Morgan fingerprint density at radius 1 is 1.45 bits per heavy atom. The molecule has 0 spiro atoms. The Morgan fingerprint density at radius 2 is 2.20 bits per heavy atom. The number of hydrogen-bond donors (Lipinski definition) is 1. The zero-order chi connectivity index (χ0) is 14.7. The van der Waals surface area contributed by atoms with E-state index in [4.69, 9.17) is 18.0 Å². The monoisotopic (exact) mass is 295 g/mol. The van der Waals surface area contributed by atoms with Crippen LogP contribution in [0.4, 0.5) is 4.39 Å². The Kier molecular flexibility index (Phi) is 5.07. The minimum atomic E-state index is -0.272. The highest BCUT2D eigenvalue weighted by Gasteiger charge is 2.21. The van der Waals surface area contributed by atoms with Gasteiger partial charge in [-0.2, -0.15) is 0 Å². The molecule has 1 fully saturated rings. The molecule has 1 aromatic carbocycles. The summed E-state index contributed by atoms with van der Waals surface area (Å²) in [4.78, 5) is 4.88. The van der Waals surface area contributed by atoms with Gasteiger partial charge in [-0.15, -0.1) is 0 Å². The van der Waals surface area contributed by atoms with E-state index in [1.807, 2.05) is 6.07 Å². The molecule has 0 aliphatic carbocycles. The lowest BCUT2D eigenvalue weighted by Gasteiger charge is -2.36. The molecule has 5 heteroatoms. The number of likely N-dealkylation sites (N-methyl/N-ethyl adjacent to an activating group) is 1. The third kappa shape index (κ3) is 3.98. The van der Waals surface area contributed by atoms with Gasteiger partial charge >= 0.3 is 0 Å². The summed E-state index contributed by atoms with van der Waals surface area (Å²) in [5, 5.41) is 0. The fraction of sp³-hybridized carbons (Fsp3) is 0.533. The van der Waals surface area contributed by atoms with E-state index in [1.165, 1.54) is 18.9 Å². The zero-order valence-electron chi connectivity index (χ0n) is 12.1. The van der Waals surface area contributed by atoms with Crippen LogP contribution in [0.3, 0.4) is 0 Å². The highest BCUT2D eigenvalue weighted by molar-refractivity contribution is 7.80. The largest absolute Gasteiger partial charge is 0.389 e. The third-order valence-corrected chi connectivity index (χ3v) is 4.09. The molecular weight excluding hydrogens is 273 g/mol. The van der Waals surface area contributed by atoms with Crippen LogP contribution in [0.5, 0.6) is 0 Å². The van der Waals surface area contributed by atoms with Gasteiger partial charge in [0.25, 0.3) is 0 Å². The summed E-state index contributed by atoms with van der Waals surface area (Å²) in [6.07, 6.45) is 2.41. The van der Waals surface area contributed by atoms with E-state index in [9.17, 15) is 4.39 Å². The van der Waals surface area contributed by atoms with Crippen molar-refractivity contribution in [2.75, 3.05) is 27.2 Å². The first-order chi connectivity index (χ1) is 9.45. The summed E-state index contributed by atoms with van der Waals surface area (Å²) in [7, 11) is 4.22. The van der Waals surface area contributed by atoms with E-state index < -0.39 is 0 Å². The second-order valence-corrected chi connectivity index (χ2v) is 6.15. The van der Waals surface area contributed by atoms with E-state index in [0.717, 1.165) is 25.2 Å². The Labute approximate surface area is 125 Å². The van der Waals surface area contributed by atoms with Crippen molar-refractivity contribution in [1.29, 1.82) is 0 Å². The van der Waals surface area contributed by atoms with Gasteiger partial charge in [-0.3, -0.25) is 4.90 Å². The quantitative estimate of drug-likeness (QED) is 0.861. The Balaban J connectivity index is 2.07. The molecule has 2 N–H and O–H groups in total. The molecule has 1 atom stereocenters. The summed E-state index contributed by atoms with van der Waals surface area (Å²) < 4.78 is 13.6. The van der Waals surface area contributed by atoms with Crippen molar-refractivity contribution in [3.8, 4) is 0 Å². The number of rotatable bonds is 4. The maximum Gasteiger partial charge on any atom is 0.124 e. The first kappa shape index (κ1) is 15.4. The molecule has 0 amide bonds. The van der Waals surface area contributed by atoms with Crippen LogP contribution in [0.25, 0.3) is 0 Å². The number of benzene rings is 1. The van der Waals surface area contributed by atoms with Gasteiger partial charge in [-0.25, -0.2) is 4.39 Å². The summed E-state index contributed by atoms with van der Waals surface area (Å²) in [6, 6.07) is 5.43. The lowest BCUT2D eigenvalue weighted by atomic mass is 10.0. The minimum Gasteiger partial charge on any atom is -0.389 e. The van der Waals surface area contributed by atoms with E-state index in [2.05, 4.69) is 23.9 Å². The first-order valence-electron chi connectivity index (χ1n) is 6.94. The van der Waals surface area contributed by atoms with Gasteiger partial charge in [0, 0.05) is 24.7 Å². The number of hydrogen-bond acceptors (Lipinski definition) is 3. The van der Waals surface area contributed by atoms with Crippen molar-refractivity contribution in [3.05, 3.63) is 35.1 Å². The van der Waals surface area contributed by atoms with Crippen LogP contribution in [0, 0.1) is 5.82 Å². The molecule has 20 heavy (non-hydrogen) atoms. The van der Waals surface area contributed by atoms with Crippen LogP contribution in [0.1, 0.15) is 24.0 Å². The number of nitrogens with zero attached hydrogens (tertiary/aromatic N) is 2. The Bertz CT molecular complexity index is 490. The number of halogens is 1. The number of likely N-dealkylation sites (tertiary alicyclic amines) is 1. The SMILES string of the molecule is CN(C)C1CCCN(Cc2cc(F)cc(C(N)=S)c2)C1. The molecular formula is C15H22FN3S. The second kappa shape index (κ2) is 6.61. The van der Waals surface area contributed by atoms with Crippen molar-refractivity contribution >= 4 is 17.2 Å². The smallest absolute Gasteiger partial charge is 0.124 e. The predicted molar refractivity (Wildman–Crippen MR) is 84.3 cm³/mol. The van der Waals surface area contributed by atoms with Gasteiger partial charge < -0.3 is 10.6 Å². The molecule has 1 aliphatic rings. The lowest BCUT2D eigenvalue weighted by Crippen LogP contribution is -2.44. The fourth-order valence-electron chi connectivity index (χ4n) is 2.74. The van der Waals surface area contributed by atoms with Gasteiger partial charge in [0.1, 0.15) is 10.8 Å². The maximum atomic E-state index is 13.6. The van der Waals surface area contributed by atoms with Crippen LogP contribution >= 0.6 is 12.2 Å². The molecule has 1 aliphatic heterocycles. The fourth-order valence-corrected chi connectivity index (χ4v) is 2.86. The van der Waals surface area contributed by atoms with E-state index in [0.29, 0.717) is 11.6 Å². The summed E-state index contributed by atoms with van der Waals surface area (Å²) in [5.41, 5.74) is 7.14. The summed E-state index contributed by atoms with van der Waals surface area (Å²) >= 11 is 4.93. The van der Waals surface area contributed by atoms with E-state index in [-0.39, 0.29) is 10.8 Å². The number of nitrogens with two attached hydrogens (primary N) is 1. The Morgan fingerprint density at radius 3 is 2.85 bits per heavy atom. The summed E-state index contributed by atoms with van der Waals surface area (Å²) in [5.74, 6) is -0.272. The predicted octanol–water partition coefficient (Wildman–Crippen LogP) is 1.99. The van der Waals surface area contributed by atoms with Crippen molar-refractivity contribution in [2.45, 2.75) is 25.4 Å². The molecule has 3 nitrogen and oxygen atoms in total. The lowest BCUT2D eigenvalue weighted by molar-refractivity contribution is 0.128. The van der Waals surface area contributed by atoms with Crippen LogP contribution in [0.2, 0.25) is 0 Å². The van der Waals surface area contributed by atoms with Crippen LogP contribution in [-0.2, 0) is 6.54 Å². The molecule has 110 valence electrons. The first-order valence-corrected chi connectivity index (χ1v) is 7.34. The van der Waals surface area contributed by atoms with E-state index >= 15 is 0 Å². The third-order valence-electron chi connectivity index (χ3n) is 3.86. The molecule has 2 rings (SSSR count).